The number of carbonyl (C=O) groups is 3. The van der Waals surface area contributed by atoms with Crippen LogP contribution in [0.3, 0.4) is 0 Å². The van der Waals surface area contributed by atoms with Crippen molar-refractivity contribution in [2.24, 2.45) is 5.92 Å². The third-order valence-electron chi connectivity index (χ3n) is 6.41. The number of hydrogen-bond donors (Lipinski definition) is 1. The maximum atomic E-state index is 13.1. The number of aromatic nitrogens is 2. The summed E-state index contributed by atoms with van der Waals surface area (Å²) in [7, 11) is 0. The number of hydrogen-bond acceptors (Lipinski definition) is 4. The number of aryl methyl sites for hydroxylation is 1. The Labute approximate surface area is 170 Å². The number of rotatable bonds is 4. The molecule has 3 amide bonds. The van der Waals surface area contributed by atoms with Crippen molar-refractivity contribution in [2.75, 3.05) is 6.54 Å². The Morgan fingerprint density at radius 3 is 2.76 bits per heavy atom. The van der Waals surface area contributed by atoms with Gasteiger partial charge in [-0.1, -0.05) is 25.8 Å². The fourth-order valence-corrected chi connectivity index (χ4v) is 4.75. The zero-order valence-electron chi connectivity index (χ0n) is 17.1. The van der Waals surface area contributed by atoms with E-state index < -0.39 is 11.6 Å². The normalized spacial score (nSPS) is 24.2. The van der Waals surface area contributed by atoms with Crippen LogP contribution in [0.1, 0.15) is 54.4 Å². The first kappa shape index (κ1) is 19.4. The van der Waals surface area contributed by atoms with E-state index in [2.05, 4.69) is 10.3 Å². The molecule has 3 heterocycles. The van der Waals surface area contributed by atoms with Crippen LogP contribution >= 0.6 is 0 Å². The van der Waals surface area contributed by atoms with Gasteiger partial charge in [-0.3, -0.25) is 14.5 Å². The molecule has 4 rings (SSSR count). The lowest BCUT2D eigenvalue weighted by atomic mass is 9.73. The third-order valence-corrected chi connectivity index (χ3v) is 6.41. The molecule has 0 aromatic carbocycles. The van der Waals surface area contributed by atoms with Crippen LogP contribution in [0.5, 0.6) is 0 Å². The van der Waals surface area contributed by atoms with E-state index >= 15 is 0 Å². The Bertz CT molecular complexity index is 981. The molecule has 7 nitrogen and oxygen atoms in total. The van der Waals surface area contributed by atoms with Crippen molar-refractivity contribution in [3.8, 4) is 5.82 Å². The first-order chi connectivity index (χ1) is 13.8. The predicted octanol–water partition coefficient (Wildman–Crippen LogP) is 3.17. The molecule has 0 radical (unpaired) electrons. The number of imide groups is 1. The van der Waals surface area contributed by atoms with Gasteiger partial charge in [0, 0.05) is 23.1 Å². The molecule has 2 atom stereocenters. The molecule has 0 bridgehead atoms. The topological polar surface area (TPSA) is 84.3 Å². The summed E-state index contributed by atoms with van der Waals surface area (Å²) < 4.78 is 1.91. The van der Waals surface area contributed by atoms with Crippen LogP contribution in [0, 0.1) is 19.8 Å². The van der Waals surface area contributed by atoms with Crippen LogP contribution in [-0.2, 0) is 4.79 Å². The summed E-state index contributed by atoms with van der Waals surface area (Å²) in [5.41, 5.74) is 1.28. The largest absolute Gasteiger partial charge is 0.325 e. The molecular weight excluding hydrogens is 368 g/mol. The van der Waals surface area contributed by atoms with Crippen LogP contribution in [0.2, 0.25) is 0 Å². The fraction of sp³-hybridized carbons (Fsp3) is 0.455. The summed E-state index contributed by atoms with van der Waals surface area (Å²) in [6.07, 6.45) is 5.21. The van der Waals surface area contributed by atoms with E-state index in [0.29, 0.717) is 12.0 Å². The van der Waals surface area contributed by atoms with Crippen molar-refractivity contribution in [3.05, 3.63) is 47.4 Å². The van der Waals surface area contributed by atoms with E-state index in [-0.39, 0.29) is 24.2 Å². The van der Waals surface area contributed by atoms with Crippen LogP contribution in [0.25, 0.3) is 5.82 Å². The SMILES string of the molecule is Cc1cc(C(=O)CN2C(=O)N[C@@]3(CCCC[C@@H]3C)C2=O)c(C)n1-c1ccccn1. The van der Waals surface area contributed by atoms with Gasteiger partial charge in [-0.15, -0.1) is 0 Å². The number of ketones is 1. The van der Waals surface area contributed by atoms with Crippen LogP contribution < -0.4 is 5.32 Å². The predicted molar refractivity (Wildman–Crippen MR) is 108 cm³/mol. The first-order valence-electron chi connectivity index (χ1n) is 10.1. The van der Waals surface area contributed by atoms with Crippen LogP contribution in [0.15, 0.2) is 30.5 Å². The van der Waals surface area contributed by atoms with Crippen molar-refractivity contribution in [2.45, 2.75) is 52.0 Å². The lowest BCUT2D eigenvalue weighted by molar-refractivity contribution is -0.133. The van der Waals surface area contributed by atoms with Gasteiger partial charge in [-0.2, -0.15) is 0 Å². The van der Waals surface area contributed by atoms with Gasteiger partial charge in [-0.25, -0.2) is 9.78 Å². The Morgan fingerprint density at radius 2 is 2.07 bits per heavy atom. The molecule has 2 aromatic rings. The molecule has 1 N–H and O–H groups in total. The summed E-state index contributed by atoms with van der Waals surface area (Å²) in [5, 5.41) is 2.90. The monoisotopic (exact) mass is 394 g/mol. The maximum absolute atomic E-state index is 13.1. The lowest BCUT2D eigenvalue weighted by Crippen LogP contribution is -2.54. The van der Waals surface area contributed by atoms with E-state index in [1.165, 1.54) is 0 Å². The summed E-state index contributed by atoms with van der Waals surface area (Å²) in [6.45, 7) is 5.52. The molecule has 1 spiro atoms. The summed E-state index contributed by atoms with van der Waals surface area (Å²) in [6, 6.07) is 6.93. The van der Waals surface area contributed by atoms with E-state index in [4.69, 9.17) is 0 Å². The first-order valence-corrected chi connectivity index (χ1v) is 10.1. The minimum Gasteiger partial charge on any atom is -0.323 e. The van der Waals surface area contributed by atoms with E-state index in [1.54, 1.807) is 12.3 Å². The van der Waals surface area contributed by atoms with Crippen LogP contribution in [0.4, 0.5) is 4.79 Å². The molecule has 2 fully saturated rings. The second-order valence-corrected chi connectivity index (χ2v) is 8.17. The average Bonchev–Trinajstić information content (AvgIpc) is 3.13. The highest BCUT2D eigenvalue weighted by molar-refractivity contribution is 6.11. The van der Waals surface area contributed by atoms with Gasteiger partial charge in [0.15, 0.2) is 5.78 Å². The lowest BCUT2D eigenvalue weighted by Gasteiger charge is -2.36. The zero-order valence-corrected chi connectivity index (χ0v) is 17.1. The molecule has 2 aliphatic rings. The number of nitrogens with zero attached hydrogens (tertiary/aromatic N) is 3. The second-order valence-electron chi connectivity index (χ2n) is 8.17. The van der Waals surface area contributed by atoms with Gasteiger partial charge in [0.25, 0.3) is 5.91 Å². The molecule has 1 aliphatic heterocycles. The zero-order chi connectivity index (χ0) is 20.8. The molecule has 152 valence electrons. The van der Waals surface area contributed by atoms with Crippen LogP contribution in [-0.4, -0.2) is 44.3 Å². The van der Waals surface area contributed by atoms with Crippen molar-refractivity contribution in [1.29, 1.82) is 0 Å². The Morgan fingerprint density at radius 1 is 1.28 bits per heavy atom. The van der Waals surface area contributed by atoms with E-state index in [0.717, 1.165) is 41.4 Å². The number of Topliss-reactive ketones (excluding diaryl/α,β-unsaturated/α-hetero) is 1. The molecule has 1 aliphatic carbocycles. The quantitative estimate of drug-likeness (QED) is 0.638. The average molecular weight is 394 g/mol. The Hall–Kier alpha value is -2.96. The van der Waals surface area contributed by atoms with Crippen molar-refractivity contribution in [3.63, 3.8) is 0 Å². The van der Waals surface area contributed by atoms with Gasteiger partial charge >= 0.3 is 6.03 Å². The van der Waals surface area contributed by atoms with Crippen molar-refractivity contribution < 1.29 is 14.4 Å². The van der Waals surface area contributed by atoms with Gasteiger partial charge in [0.2, 0.25) is 0 Å². The van der Waals surface area contributed by atoms with Crippen molar-refractivity contribution in [1.82, 2.24) is 19.8 Å². The highest BCUT2D eigenvalue weighted by Gasteiger charge is 2.55. The maximum Gasteiger partial charge on any atom is 0.325 e. The molecule has 2 aromatic heterocycles. The summed E-state index contributed by atoms with van der Waals surface area (Å²) in [4.78, 5) is 44.2. The molecule has 1 saturated heterocycles. The smallest absolute Gasteiger partial charge is 0.323 e. The van der Waals surface area contributed by atoms with Gasteiger partial charge < -0.3 is 9.88 Å². The Balaban J connectivity index is 1.59. The third kappa shape index (κ3) is 3.05. The van der Waals surface area contributed by atoms with Crippen molar-refractivity contribution >= 4 is 17.7 Å². The van der Waals surface area contributed by atoms with Gasteiger partial charge in [0.05, 0.1) is 6.54 Å². The molecule has 29 heavy (non-hydrogen) atoms. The molecule has 7 heteroatoms. The Kier molecular flexibility index (Phi) is 4.76. The number of nitrogens with one attached hydrogen (secondary N) is 1. The summed E-state index contributed by atoms with van der Waals surface area (Å²) >= 11 is 0. The number of pyridine rings is 1. The number of urea groups is 1. The fourth-order valence-electron chi connectivity index (χ4n) is 4.75. The minimum absolute atomic E-state index is 0.0713. The molecule has 0 unspecified atom stereocenters. The number of amides is 3. The molecular formula is C22H26N4O3. The second kappa shape index (κ2) is 7.13. The standard InChI is InChI=1S/C22H26N4O3/c1-14-8-4-6-10-22(14)20(28)25(21(29)24-22)13-18(27)17-12-15(2)26(16(17)3)19-9-5-7-11-23-19/h5,7,9,11-12,14H,4,6,8,10,13H2,1-3H3,(H,24,29)/t14-,22+/m0/s1. The highest BCUT2D eigenvalue weighted by atomic mass is 16.2. The minimum atomic E-state index is -0.847. The number of carbonyl (C=O) groups excluding carboxylic acids is 3. The van der Waals surface area contributed by atoms with E-state index in [9.17, 15) is 14.4 Å². The summed E-state index contributed by atoms with van der Waals surface area (Å²) in [5.74, 6) is 0.291. The van der Waals surface area contributed by atoms with E-state index in [1.807, 2.05) is 43.5 Å². The van der Waals surface area contributed by atoms with Gasteiger partial charge in [-0.05, 0) is 50.8 Å². The van der Waals surface area contributed by atoms with Gasteiger partial charge in [0.1, 0.15) is 11.4 Å². The highest BCUT2D eigenvalue weighted by Crippen LogP contribution is 2.38. The molecule has 1 saturated carbocycles.